The highest BCUT2D eigenvalue weighted by atomic mass is 35.5. The highest BCUT2D eigenvalue weighted by Crippen LogP contribution is 2.23. The van der Waals surface area contributed by atoms with Gasteiger partial charge in [0.15, 0.2) is 5.82 Å². The van der Waals surface area contributed by atoms with Crippen LogP contribution in [0, 0.1) is 0 Å². The SMILES string of the molecule is O=C(Cc1ccc(Cl)c(Cl)c1)N1CCN(c2ccnc(-c3ccccc3)n2)CC1. The zero-order chi connectivity index (χ0) is 20.2. The molecule has 1 aliphatic heterocycles. The Morgan fingerprint density at radius 3 is 2.41 bits per heavy atom. The summed E-state index contributed by atoms with van der Waals surface area (Å²) >= 11 is 12.0. The molecule has 0 radical (unpaired) electrons. The highest BCUT2D eigenvalue weighted by molar-refractivity contribution is 6.42. The molecule has 0 unspecified atom stereocenters. The van der Waals surface area contributed by atoms with Crippen LogP contribution in [0.2, 0.25) is 10.0 Å². The third kappa shape index (κ3) is 4.69. The third-order valence-corrected chi connectivity index (χ3v) is 5.71. The van der Waals surface area contributed by atoms with Crippen LogP contribution in [0.1, 0.15) is 5.56 Å². The van der Waals surface area contributed by atoms with Crippen molar-refractivity contribution in [2.24, 2.45) is 0 Å². The molecule has 1 aliphatic rings. The van der Waals surface area contributed by atoms with Crippen molar-refractivity contribution in [2.45, 2.75) is 6.42 Å². The molecule has 4 rings (SSSR count). The van der Waals surface area contributed by atoms with Crippen molar-refractivity contribution in [3.63, 3.8) is 0 Å². The Bertz CT molecular complexity index is 1000. The maximum atomic E-state index is 12.7. The van der Waals surface area contributed by atoms with Crippen LogP contribution in [0.15, 0.2) is 60.8 Å². The molecule has 1 amide bonds. The zero-order valence-corrected chi connectivity index (χ0v) is 17.3. The molecule has 0 atom stereocenters. The summed E-state index contributed by atoms with van der Waals surface area (Å²) in [6, 6.07) is 17.2. The summed E-state index contributed by atoms with van der Waals surface area (Å²) in [5.41, 5.74) is 1.86. The Balaban J connectivity index is 1.38. The molecule has 29 heavy (non-hydrogen) atoms. The van der Waals surface area contributed by atoms with Gasteiger partial charge in [0.1, 0.15) is 5.82 Å². The van der Waals surface area contributed by atoms with E-state index in [9.17, 15) is 4.79 Å². The summed E-state index contributed by atoms with van der Waals surface area (Å²) in [7, 11) is 0. The summed E-state index contributed by atoms with van der Waals surface area (Å²) in [5.74, 6) is 1.69. The topological polar surface area (TPSA) is 49.3 Å². The number of hydrogen-bond acceptors (Lipinski definition) is 4. The van der Waals surface area contributed by atoms with Gasteiger partial charge in [-0.2, -0.15) is 0 Å². The Kier molecular flexibility index (Phi) is 5.97. The molecule has 1 saturated heterocycles. The maximum absolute atomic E-state index is 12.7. The van der Waals surface area contributed by atoms with Crippen molar-refractivity contribution >= 4 is 34.9 Å². The number of amides is 1. The molecule has 0 aliphatic carbocycles. The molecular formula is C22H20Cl2N4O. The van der Waals surface area contributed by atoms with Gasteiger partial charge in [0.2, 0.25) is 5.91 Å². The second kappa shape index (κ2) is 8.80. The Hall–Kier alpha value is -2.63. The van der Waals surface area contributed by atoms with E-state index in [1.54, 1.807) is 18.3 Å². The molecule has 0 saturated carbocycles. The van der Waals surface area contributed by atoms with Crippen LogP contribution in [0.5, 0.6) is 0 Å². The molecule has 2 aromatic carbocycles. The van der Waals surface area contributed by atoms with Gasteiger partial charge in [-0.15, -0.1) is 0 Å². The van der Waals surface area contributed by atoms with Gasteiger partial charge in [-0.05, 0) is 23.8 Å². The Morgan fingerprint density at radius 2 is 1.69 bits per heavy atom. The normalized spacial score (nSPS) is 14.1. The van der Waals surface area contributed by atoms with Crippen LogP contribution in [0.3, 0.4) is 0 Å². The number of piperazine rings is 1. The minimum atomic E-state index is 0.0932. The summed E-state index contributed by atoms with van der Waals surface area (Å²) in [5, 5.41) is 0.968. The first-order valence-corrected chi connectivity index (χ1v) is 10.2. The van der Waals surface area contributed by atoms with Crippen LogP contribution in [0.4, 0.5) is 5.82 Å². The molecule has 1 aromatic heterocycles. The molecule has 0 N–H and O–H groups in total. The van der Waals surface area contributed by atoms with Gasteiger partial charge < -0.3 is 9.80 Å². The molecule has 5 nitrogen and oxygen atoms in total. The first-order chi connectivity index (χ1) is 14.1. The van der Waals surface area contributed by atoms with Crippen molar-refractivity contribution in [1.82, 2.24) is 14.9 Å². The van der Waals surface area contributed by atoms with E-state index in [1.807, 2.05) is 47.4 Å². The van der Waals surface area contributed by atoms with Crippen molar-refractivity contribution in [3.8, 4) is 11.4 Å². The fraction of sp³-hybridized carbons (Fsp3) is 0.227. The lowest BCUT2D eigenvalue weighted by Crippen LogP contribution is -2.49. The molecular weight excluding hydrogens is 407 g/mol. The minimum Gasteiger partial charge on any atom is -0.353 e. The van der Waals surface area contributed by atoms with E-state index in [0.29, 0.717) is 35.4 Å². The van der Waals surface area contributed by atoms with Gasteiger partial charge in [0, 0.05) is 37.9 Å². The molecule has 1 fully saturated rings. The summed E-state index contributed by atoms with van der Waals surface area (Å²) in [4.78, 5) is 25.8. The quantitative estimate of drug-likeness (QED) is 0.622. The van der Waals surface area contributed by atoms with Gasteiger partial charge in [-0.25, -0.2) is 9.97 Å². The van der Waals surface area contributed by atoms with E-state index in [0.717, 1.165) is 30.0 Å². The summed E-state index contributed by atoms with van der Waals surface area (Å²) in [6.07, 6.45) is 2.11. The Morgan fingerprint density at radius 1 is 0.931 bits per heavy atom. The zero-order valence-electron chi connectivity index (χ0n) is 15.8. The van der Waals surface area contributed by atoms with Crippen LogP contribution in [-0.2, 0) is 11.2 Å². The van der Waals surface area contributed by atoms with Crippen molar-refractivity contribution in [3.05, 3.63) is 76.4 Å². The predicted molar refractivity (Wildman–Crippen MR) is 116 cm³/mol. The number of carbonyl (C=O) groups excluding carboxylic acids is 1. The average Bonchev–Trinajstić information content (AvgIpc) is 2.77. The van der Waals surface area contributed by atoms with Crippen LogP contribution in [0.25, 0.3) is 11.4 Å². The fourth-order valence-electron chi connectivity index (χ4n) is 3.37. The number of nitrogens with zero attached hydrogens (tertiary/aromatic N) is 4. The number of carbonyl (C=O) groups is 1. The molecule has 7 heteroatoms. The summed E-state index contributed by atoms with van der Waals surface area (Å²) in [6.45, 7) is 2.78. The van der Waals surface area contributed by atoms with Crippen LogP contribution >= 0.6 is 23.2 Å². The lowest BCUT2D eigenvalue weighted by Gasteiger charge is -2.35. The standard InChI is InChI=1S/C22H20Cl2N4O/c23-18-7-6-16(14-19(18)24)15-21(29)28-12-10-27(11-13-28)20-8-9-25-22(26-20)17-4-2-1-3-5-17/h1-9,14H,10-13,15H2. The second-order valence-electron chi connectivity index (χ2n) is 6.90. The second-order valence-corrected chi connectivity index (χ2v) is 7.71. The molecule has 2 heterocycles. The van der Waals surface area contributed by atoms with Gasteiger partial charge in [0.25, 0.3) is 0 Å². The first-order valence-electron chi connectivity index (χ1n) is 9.45. The Labute approximate surface area is 179 Å². The third-order valence-electron chi connectivity index (χ3n) is 4.97. The smallest absolute Gasteiger partial charge is 0.227 e. The van der Waals surface area contributed by atoms with Gasteiger partial charge >= 0.3 is 0 Å². The van der Waals surface area contributed by atoms with E-state index >= 15 is 0 Å². The van der Waals surface area contributed by atoms with E-state index in [4.69, 9.17) is 28.2 Å². The van der Waals surface area contributed by atoms with E-state index in [1.165, 1.54) is 0 Å². The predicted octanol–water partition coefficient (Wildman–Crippen LogP) is 4.34. The number of benzene rings is 2. The number of rotatable bonds is 4. The molecule has 0 bridgehead atoms. The van der Waals surface area contributed by atoms with Gasteiger partial charge in [-0.3, -0.25) is 4.79 Å². The number of aromatic nitrogens is 2. The van der Waals surface area contributed by atoms with Crippen molar-refractivity contribution < 1.29 is 4.79 Å². The van der Waals surface area contributed by atoms with Crippen LogP contribution < -0.4 is 4.90 Å². The van der Waals surface area contributed by atoms with Crippen LogP contribution in [-0.4, -0.2) is 47.0 Å². The molecule has 0 spiro atoms. The first kappa shape index (κ1) is 19.7. The van der Waals surface area contributed by atoms with E-state index < -0.39 is 0 Å². The lowest BCUT2D eigenvalue weighted by atomic mass is 10.1. The molecule has 3 aromatic rings. The largest absolute Gasteiger partial charge is 0.353 e. The lowest BCUT2D eigenvalue weighted by molar-refractivity contribution is -0.130. The van der Waals surface area contributed by atoms with Crippen molar-refractivity contribution in [2.75, 3.05) is 31.1 Å². The molecule has 148 valence electrons. The van der Waals surface area contributed by atoms with E-state index in [-0.39, 0.29) is 5.91 Å². The summed E-state index contributed by atoms with van der Waals surface area (Å²) < 4.78 is 0. The fourth-order valence-corrected chi connectivity index (χ4v) is 3.69. The van der Waals surface area contributed by atoms with Gasteiger partial charge in [0.05, 0.1) is 16.5 Å². The minimum absolute atomic E-state index is 0.0932. The number of halogens is 2. The van der Waals surface area contributed by atoms with Gasteiger partial charge in [-0.1, -0.05) is 59.6 Å². The average molecular weight is 427 g/mol. The van der Waals surface area contributed by atoms with Crippen molar-refractivity contribution in [1.29, 1.82) is 0 Å². The number of hydrogen-bond donors (Lipinski definition) is 0. The maximum Gasteiger partial charge on any atom is 0.227 e. The number of anilines is 1. The highest BCUT2D eigenvalue weighted by Gasteiger charge is 2.22. The van der Waals surface area contributed by atoms with E-state index in [2.05, 4.69) is 9.88 Å². The monoisotopic (exact) mass is 426 g/mol.